The van der Waals surface area contributed by atoms with Crippen molar-refractivity contribution >= 4 is 28.4 Å². The van der Waals surface area contributed by atoms with Crippen LogP contribution in [0.25, 0.3) is 11.0 Å². The molecule has 32 heavy (non-hydrogen) atoms. The molecule has 5 rings (SSSR count). The first-order valence-electron chi connectivity index (χ1n) is 11.6. The van der Waals surface area contributed by atoms with E-state index in [9.17, 15) is 4.79 Å². The maximum Gasteiger partial charge on any atom is 0.253 e. The molecule has 2 N–H and O–H groups in total. The van der Waals surface area contributed by atoms with E-state index in [0.29, 0.717) is 23.8 Å². The molecule has 1 amide bonds. The van der Waals surface area contributed by atoms with E-state index in [1.807, 2.05) is 36.1 Å². The molecule has 7 nitrogen and oxygen atoms in total. The van der Waals surface area contributed by atoms with Crippen LogP contribution in [0, 0.1) is 6.92 Å². The van der Waals surface area contributed by atoms with Crippen molar-refractivity contribution in [3.63, 3.8) is 0 Å². The number of likely N-dealkylation sites (tertiary alicyclic amines) is 1. The summed E-state index contributed by atoms with van der Waals surface area (Å²) in [5.41, 5.74) is 9.56. The van der Waals surface area contributed by atoms with Gasteiger partial charge < -0.3 is 15.5 Å². The Kier molecular flexibility index (Phi) is 5.64. The molecule has 1 atom stereocenters. The van der Waals surface area contributed by atoms with Crippen LogP contribution in [-0.2, 0) is 0 Å². The van der Waals surface area contributed by atoms with E-state index < -0.39 is 0 Å². The topological polar surface area (TPSA) is 88.2 Å². The van der Waals surface area contributed by atoms with Gasteiger partial charge in [-0.25, -0.2) is 15.0 Å². The Hall–Kier alpha value is -3.22. The van der Waals surface area contributed by atoms with E-state index >= 15 is 0 Å². The van der Waals surface area contributed by atoms with Gasteiger partial charge >= 0.3 is 0 Å². The van der Waals surface area contributed by atoms with Crippen LogP contribution in [0.3, 0.4) is 0 Å². The minimum Gasteiger partial charge on any atom is -0.383 e. The number of nitrogen functional groups attached to an aromatic ring is 1. The number of piperidine rings is 2. The first-order chi connectivity index (χ1) is 15.6. The number of aryl methyl sites for hydroxylation is 1. The average Bonchev–Trinajstić information content (AvgIpc) is 2.84. The molecule has 2 saturated heterocycles. The number of carbonyl (C=O) groups excluding carboxylic acids is 1. The Morgan fingerprint density at radius 3 is 2.69 bits per heavy atom. The number of amides is 1. The lowest BCUT2D eigenvalue weighted by molar-refractivity contribution is 0.0706. The highest BCUT2D eigenvalue weighted by Gasteiger charge is 2.27. The second kappa shape index (κ2) is 8.73. The lowest BCUT2D eigenvalue weighted by atomic mass is 9.93. The number of fused-ring (bicyclic) bond motifs is 1. The predicted molar refractivity (Wildman–Crippen MR) is 127 cm³/mol. The Labute approximate surface area is 188 Å². The molecule has 0 radical (unpaired) electrons. The molecule has 0 saturated carbocycles. The van der Waals surface area contributed by atoms with Crippen molar-refractivity contribution in [2.24, 2.45) is 0 Å². The standard InChI is InChI=1S/C25H30N6O/c1-17-27-23(26)21-10-11-22(29-24(21)28-17)19-8-6-14-31(16-19)25(32)18-7-5-9-20(15-18)30-12-3-2-4-13-30/h5,7,9-11,15,19H,2-4,6,8,12-14,16H2,1H3,(H2,26,27,28,29)/t19-/m0/s1. The second-order valence-electron chi connectivity index (χ2n) is 8.95. The van der Waals surface area contributed by atoms with E-state index in [0.717, 1.165) is 54.8 Å². The molecular weight excluding hydrogens is 400 g/mol. The Bertz CT molecular complexity index is 1140. The van der Waals surface area contributed by atoms with Crippen LogP contribution in [0.2, 0.25) is 0 Å². The summed E-state index contributed by atoms with van der Waals surface area (Å²) >= 11 is 0. The van der Waals surface area contributed by atoms with E-state index in [1.165, 1.54) is 19.3 Å². The fourth-order valence-electron chi connectivity index (χ4n) is 4.96. The molecule has 0 spiro atoms. The van der Waals surface area contributed by atoms with Gasteiger partial charge in [0.05, 0.1) is 5.39 Å². The molecule has 1 aromatic carbocycles. The summed E-state index contributed by atoms with van der Waals surface area (Å²) < 4.78 is 0. The number of nitrogens with zero attached hydrogens (tertiary/aromatic N) is 5. The third kappa shape index (κ3) is 4.11. The number of anilines is 2. The molecule has 2 fully saturated rings. The van der Waals surface area contributed by atoms with Crippen LogP contribution in [0.1, 0.15) is 59.9 Å². The third-order valence-corrected chi connectivity index (χ3v) is 6.66. The minimum absolute atomic E-state index is 0.108. The van der Waals surface area contributed by atoms with Crippen molar-refractivity contribution in [2.75, 3.05) is 36.8 Å². The molecule has 0 bridgehead atoms. The van der Waals surface area contributed by atoms with Crippen LogP contribution in [0.15, 0.2) is 36.4 Å². The van der Waals surface area contributed by atoms with Gasteiger partial charge in [-0.2, -0.15) is 0 Å². The van der Waals surface area contributed by atoms with Gasteiger partial charge in [0.15, 0.2) is 5.65 Å². The van der Waals surface area contributed by atoms with Crippen LogP contribution in [0.5, 0.6) is 0 Å². The SMILES string of the molecule is Cc1nc(N)c2ccc([C@H]3CCCN(C(=O)c4cccc(N5CCCCC5)c4)C3)nc2n1. The molecule has 2 aromatic heterocycles. The van der Waals surface area contributed by atoms with E-state index in [-0.39, 0.29) is 11.8 Å². The van der Waals surface area contributed by atoms with E-state index in [2.05, 4.69) is 27.0 Å². The van der Waals surface area contributed by atoms with Gasteiger partial charge in [0.25, 0.3) is 5.91 Å². The van der Waals surface area contributed by atoms with Crippen molar-refractivity contribution in [2.45, 2.75) is 44.9 Å². The number of hydrogen-bond acceptors (Lipinski definition) is 6. The van der Waals surface area contributed by atoms with Crippen molar-refractivity contribution in [1.82, 2.24) is 19.9 Å². The summed E-state index contributed by atoms with van der Waals surface area (Å²) in [6.07, 6.45) is 5.72. The van der Waals surface area contributed by atoms with Gasteiger partial charge in [-0.05, 0) is 69.4 Å². The van der Waals surface area contributed by atoms with Crippen molar-refractivity contribution in [1.29, 1.82) is 0 Å². The summed E-state index contributed by atoms with van der Waals surface area (Å²) in [6.45, 7) is 5.42. The van der Waals surface area contributed by atoms with Crippen LogP contribution in [0.4, 0.5) is 11.5 Å². The van der Waals surface area contributed by atoms with Gasteiger partial charge in [-0.15, -0.1) is 0 Å². The zero-order chi connectivity index (χ0) is 22.1. The lowest BCUT2D eigenvalue weighted by Gasteiger charge is -2.33. The fourth-order valence-corrected chi connectivity index (χ4v) is 4.96. The third-order valence-electron chi connectivity index (χ3n) is 6.66. The molecule has 7 heteroatoms. The molecule has 2 aliphatic rings. The van der Waals surface area contributed by atoms with Gasteiger partial charge in [0.2, 0.25) is 0 Å². The number of hydrogen-bond donors (Lipinski definition) is 1. The largest absolute Gasteiger partial charge is 0.383 e. The molecular formula is C25H30N6O. The van der Waals surface area contributed by atoms with Crippen LogP contribution < -0.4 is 10.6 Å². The number of nitrogens with two attached hydrogens (primary N) is 1. The monoisotopic (exact) mass is 430 g/mol. The zero-order valence-electron chi connectivity index (χ0n) is 18.6. The van der Waals surface area contributed by atoms with E-state index in [4.69, 9.17) is 10.7 Å². The van der Waals surface area contributed by atoms with Gasteiger partial charge in [0, 0.05) is 49.0 Å². The average molecular weight is 431 g/mol. The van der Waals surface area contributed by atoms with Gasteiger partial charge in [0.1, 0.15) is 11.6 Å². The molecule has 2 aliphatic heterocycles. The molecule has 0 aliphatic carbocycles. The normalized spacial score (nSPS) is 19.3. The lowest BCUT2D eigenvalue weighted by Crippen LogP contribution is -2.39. The summed E-state index contributed by atoms with van der Waals surface area (Å²) in [6, 6.07) is 12.1. The highest BCUT2D eigenvalue weighted by molar-refractivity contribution is 5.95. The summed E-state index contributed by atoms with van der Waals surface area (Å²) in [7, 11) is 0. The Morgan fingerprint density at radius 1 is 1.00 bits per heavy atom. The first-order valence-corrected chi connectivity index (χ1v) is 11.6. The Morgan fingerprint density at radius 2 is 1.84 bits per heavy atom. The second-order valence-corrected chi connectivity index (χ2v) is 8.95. The molecule has 0 unspecified atom stereocenters. The van der Waals surface area contributed by atoms with Crippen LogP contribution in [-0.4, -0.2) is 51.9 Å². The van der Waals surface area contributed by atoms with Crippen molar-refractivity contribution < 1.29 is 4.79 Å². The van der Waals surface area contributed by atoms with Gasteiger partial charge in [-0.1, -0.05) is 6.07 Å². The number of benzene rings is 1. The molecule has 4 heterocycles. The summed E-state index contributed by atoms with van der Waals surface area (Å²) in [5.74, 6) is 1.38. The van der Waals surface area contributed by atoms with Crippen molar-refractivity contribution in [3.8, 4) is 0 Å². The quantitative estimate of drug-likeness (QED) is 0.677. The number of aromatic nitrogens is 3. The highest BCUT2D eigenvalue weighted by Crippen LogP contribution is 2.29. The number of rotatable bonds is 3. The van der Waals surface area contributed by atoms with E-state index in [1.54, 1.807) is 0 Å². The predicted octanol–water partition coefficient (Wildman–Crippen LogP) is 3.93. The van der Waals surface area contributed by atoms with Crippen molar-refractivity contribution in [3.05, 3.63) is 53.5 Å². The number of carbonyl (C=O) groups is 1. The number of pyridine rings is 1. The minimum atomic E-state index is 0.108. The zero-order valence-corrected chi connectivity index (χ0v) is 18.6. The molecule has 3 aromatic rings. The maximum atomic E-state index is 13.4. The smallest absolute Gasteiger partial charge is 0.253 e. The first kappa shape index (κ1) is 20.7. The van der Waals surface area contributed by atoms with Gasteiger partial charge in [-0.3, -0.25) is 4.79 Å². The maximum absolute atomic E-state index is 13.4. The van der Waals surface area contributed by atoms with Crippen LogP contribution >= 0.6 is 0 Å². The summed E-state index contributed by atoms with van der Waals surface area (Å²) in [4.78, 5) is 31.2. The fraction of sp³-hybridized carbons (Fsp3) is 0.440. The molecule has 166 valence electrons. The highest BCUT2D eigenvalue weighted by atomic mass is 16.2. The Balaban J connectivity index is 1.35. The summed E-state index contributed by atoms with van der Waals surface area (Å²) in [5, 5.41) is 0.776.